The number of anilines is 2. The summed E-state index contributed by atoms with van der Waals surface area (Å²) in [6.07, 6.45) is 0.810. The molecule has 1 heterocycles. The number of carbonyl (C=O) groups is 2. The molecule has 4 heteroatoms. The lowest BCUT2D eigenvalue weighted by molar-refractivity contribution is -0.121. The first-order valence-electron chi connectivity index (χ1n) is 8.78. The van der Waals surface area contributed by atoms with E-state index in [1.54, 1.807) is 4.90 Å². The van der Waals surface area contributed by atoms with Crippen LogP contribution in [0, 0.1) is 5.92 Å². The molecule has 130 valence electrons. The second-order valence-corrected chi connectivity index (χ2v) is 6.71. The zero-order valence-corrected chi connectivity index (χ0v) is 14.6. The van der Waals surface area contributed by atoms with Crippen molar-refractivity contribution in [2.24, 2.45) is 5.92 Å². The third kappa shape index (κ3) is 2.73. The second kappa shape index (κ2) is 6.64. The second-order valence-electron chi connectivity index (χ2n) is 6.71. The van der Waals surface area contributed by atoms with Crippen LogP contribution in [-0.4, -0.2) is 18.9 Å². The minimum atomic E-state index is -0.262. The number of carbonyl (C=O) groups excluding carboxylic acids is 2. The predicted molar refractivity (Wildman–Crippen MR) is 104 cm³/mol. The normalized spacial score (nSPS) is 17.1. The molecule has 0 aromatic heterocycles. The van der Waals surface area contributed by atoms with Crippen molar-refractivity contribution in [3.63, 3.8) is 0 Å². The Morgan fingerprint density at radius 2 is 1.65 bits per heavy atom. The Hall–Kier alpha value is -3.14. The molecule has 0 aliphatic carbocycles. The number of para-hydroxylation sites is 2. The molecule has 0 N–H and O–H groups in total. The van der Waals surface area contributed by atoms with Crippen LogP contribution in [0.15, 0.2) is 66.7 Å². The molecule has 0 fully saturated rings. The van der Waals surface area contributed by atoms with Gasteiger partial charge in [0.1, 0.15) is 0 Å². The van der Waals surface area contributed by atoms with Gasteiger partial charge in [-0.05, 0) is 28.5 Å². The van der Waals surface area contributed by atoms with Crippen molar-refractivity contribution in [1.29, 1.82) is 0 Å². The fraction of sp³-hybridized carbons (Fsp3) is 0.182. The molecule has 0 saturated carbocycles. The third-order valence-corrected chi connectivity index (χ3v) is 4.98. The fourth-order valence-corrected chi connectivity index (χ4v) is 3.66. The van der Waals surface area contributed by atoms with Gasteiger partial charge in [-0.1, -0.05) is 61.5 Å². The molecular weight excluding hydrogens is 324 g/mol. The smallest absolute Gasteiger partial charge is 0.231 e. The van der Waals surface area contributed by atoms with Gasteiger partial charge in [-0.2, -0.15) is 0 Å². The molecule has 0 spiro atoms. The van der Waals surface area contributed by atoms with Gasteiger partial charge >= 0.3 is 0 Å². The molecule has 1 aliphatic rings. The zero-order chi connectivity index (χ0) is 18.1. The van der Waals surface area contributed by atoms with Crippen LogP contribution < -0.4 is 9.80 Å². The number of nitrogens with zero attached hydrogens (tertiary/aromatic N) is 2. The van der Waals surface area contributed by atoms with Crippen LogP contribution in [0.2, 0.25) is 0 Å². The van der Waals surface area contributed by atoms with Crippen molar-refractivity contribution >= 4 is 34.5 Å². The van der Waals surface area contributed by atoms with Gasteiger partial charge in [0.25, 0.3) is 0 Å². The molecule has 3 aromatic carbocycles. The summed E-state index contributed by atoms with van der Waals surface area (Å²) >= 11 is 0. The van der Waals surface area contributed by atoms with Gasteiger partial charge in [0.15, 0.2) is 0 Å². The van der Waals surface area contributed by atoms with Crippen LogP contribution >= 0.6 is 0 Å². The predicted octanol–water partition coefficient (Wildman–Crippen LogP) is 3.99. The Kier molecular flexibility index (Phi) is 4.17. The monoisotopic (exact) mass is 344 g/mol. The molecule has 26 heavy (non-hydrogen) atoms. The summed E-state index contributed by atoms with van der Waals surface area (Å²) in [5.41, 5.74) is 2.65. The van der Waals surface area contributed by atoms with Crippen molar-refractivity contribution in [2.45, 2.75) is 13.5 Å². The van der Waals surface area contributed by atoms with Gasteiger partial charge in [-0.15, -0.1) is 0 Å². The quantitative estimate of drug-likeness (QED) is 0.674. The summed E-state index contributed by atoms with van der Waals surface area (Å²) in [6, 6.07) is 22.0. The zero-order valence-electron chi connectivity index (χ0n) is 14.6. The first kappa shape index (κ1) is 16.3. The van der Waals surface area contributed by atoms with E-state index in [1.807, 2.05) is 54.3 Å². The van der Waals surface area contributed by atoms with Gasteiger partial charge in [-0.25, -0.2) is 0 Å². The Bertz CT molecular complexity index is 977. The summed E-state index contributed by atoms with van der Waals surface area (Å²) < 4.78 is 0. The van der Waals surface area contributed by atoms with Crippen molar-refractivity contribution in [3.8, 4) is 0 Å². The van der Waals surface area contributed by atoms with Gasteiger partial charge < -0.3 is 9.80 Å². The lowest BCUT2D eigenvalue weighted by Gasteiger charge is -2.25. The summed E-state index contributed by atoms with van der Waals surface area (Å²) in [4.78, 5) is 28.1. The van der Waals surface area contributed by atoms with E-state index in [1.165, 1.54) is 0 Å². The molecule has 0 bridgehead atoms. The highest BCUT2D eigenvalue weighted by molar-refractivity contribution is 6.02. The minimum Gasteiger partial charge on any atom is -0.312 e. The molecule has 1 aliphatic heterocycles. The molecule has 3 aromatic rings. The van der Waals surface area contributed by atoms with E-state index in [9.17, 15) is 9.59 Å². The summed E-state index contributed by atoms with van der Waals surface area (Å²) in [7, 11) is 0. The Morgan fingerprint density at radius 1 is 0.962 bits per heavy atom. The molecular formula is C22H20N2O2. The van der Waals surface area contributed by atoms with Crippen LogP contribution in [0.5, 0.6) is 0 Å². The van der Waals surface area contributed by atoms with E-state index in [2.05, 4.69) is 24.3 Å². The minimum absolute atomic E-state index is 0.0368. The highest BCUT2D eigenvalue weighted by atomic mass is 16.2. The highest BCUT2D eigenvalue weighted by Gasteiger charge is 2.31. The lowest BCUT2D eigenvalue weighted by atomic mass is 10.0. The summed E-state index contributed by atoms with van der Waals surface area (Å²) in [5.74, 6) is -0.225. The molecule has 0 saturated heterocycles. The number of benzene rings is 3. The van der Waals surface area contributed by atoms with Crippen LogP contribution in [0.25, 0.3) is 10.8 Å². The van der Waals surface area contributed by atoms with Crippen molar-refractivity contribution in [1.82, 2.24) is 0 Å². The van der Waals surface area contributed by atoms with Gasteiger partial charge in [0, 0.05) is 6.54 Å². The first-order chi connectivity index (χ1) is 12.7. The first-order valence-corrected chi connectivity index (χ1v) is 8.78. The number of rotatable bonds is 3. The maximum Gasteiger partial charge on any atom is 0.231 e. The van der Waals surface area contributed by atoms with Gasteiger partial charge in [0.2, 0.25) is 12.3 Å². The molecule has 2 amide bonds. The van der Waals surface area contributed by atoms with Gasteiger partial charge in [-0.3, -0.25) is 9.59 Å². The van der Waals surface area contributed by atoms with Crippen molar-refractivity contribution in [3.05, 3.63) is 72.3 Å². The van der Waals surface area contributed by atoms with E-state index in [4.69, 9.17) is 0 Å². The average Bonchev–Trinajstić information content (AvgIpc) is 2.78. The number of amides is 2. The highest BCUT2D eigenvalue weighted by Crippen LogP contribution is 2.35. The maximum atomic E-state index is 13.1. The molecule has 0 radical (unpaired) electrons. The fourth-order valence-electron chi connectivity index (χ4n) is 3.66. The van der Waals surface area contributed by atoms with Crippen LogP contribution in [0.1, 0.15) is 12.5 Å². The van der Waals surface area contributed by atoms with E-state index in [-0.39, 0.29) is 11.8 Å². The Labute approximate surface area is 152 Å². The standard InChI is InChI=1S/C22H20N2O2/c1-16-13-23(15-25)20-11-4-5-12-21(20)24(22(16)26)14-18-9-6-8-17-7-2-3-10-19(17)18/h2-12,15-16H,13-14H2,1H3/t16-/m0/s1. The average molecular weight is 344 g/mol. The lowest BCUT2D eigenvalue weighted by Crippen LogP contribution is -2.36. The molecule has 4 rings (SSSR count). The van der Waals surface area contributed by atoms with E-state index >= 15 is 0 Å². The van der Waals surface area contributed by atoms with Crippen molar-refractivity contribution in [2.75, 3.05) is 16.3 Å². The van der Waals surface area contributed by atoms with E-state index < -0.39 is 0 Å². The van der Waals surface area contributed by atoms with E-state index in [0.717, 1.165) is 34.1 Å². The summed E-state index contributed by atoms with van der Waals surface area (Å²) in [6.45, 7) is 2.75. The SMILES string of the molecule is C[C@H]1CN(C=O)c2ccccc2N(Cc2cccc3ccccc23)C1=O. The largest absolute Gasteiger partial charge is 0.312 e. The van der Waals surface area contributed by atoms with Crippen LogP contribution in [0.3, 0.4) is 0 Å². The number of hydrogen-bond donors (Lipinski definition) is 0. The third-order valence-electron chi connectivity index (χ3n) is 4.98. The molecule has 1 atom stereocenters. The van der Waals surface area contributed by atoms with Crippen LogP contribution in [-0.2, 0) is 16.1 Å². The van der Waals surface area contributed by atoms with Gasteiger partial charge in [0.05, 0.1) is 23.8 Å². The van der Waals surface area contributed by atoms with Crippen molar-refractivity contribution < 1.29 is 9.59 Å². The number of hydrogen-bond acceptors (Lipinski definition) is 2. The molecule has 0 unspecified atom stereocenters. The molecule has 4 nitrogen and oxygen atoms in total. The Balaban J connectivity index is 1.83. The van der Waals surface area contributed by atoms with Crippen LogP contribution in [0.4, 0.5) is 11.4 Å². The Morgan fingerprint density at radius 3 is 2.46 bits per heavy atom. The maximum absolute atomic E-state index is 13.1. The van der Waals surface area contributed by atoms with E-state index in [0.29, 0.717) is 13.1 Å². The summed E-state index contributed by atoms with van der Waals surface area (Å²) in [5, 5.41) is 2.30. The number of fused-ring (bicyclic) bond motifs is 2. The topological polar surface area (TPSA) is 40.6 Å².